The van der Waals surface area contributed by atoms with Crippen LogP contribution >= 0.6 is 0 Å². The molecule has 0 radical (unpaired) electrons. The zero-order chi connectivity index (χ0) is 29.4. The second kappa shape index (κ2) is 11.3. The van der Waals surface area contributed by atoms with Crippen LogP contribution in [0.3, 0.4) is 0 Å². The van der Waals surface area contributed by atoms with Crippen LogP contribution in [0.4, 0.5) is 23.4 Å². The van der Waals surface area contributed by atoms with Gasteiger partial charge in [0, 0.05) is 60.7 Å². The Hall–Kier alpha value is -3.74. The first-order chi connectivity index (χ1) is 19.5. The molecule has 0 aliphatic heterocycles. The summed E-state index contributed by atoms with van der Waals surface area (Å²) in [6.45, 7) is 7.18. The highest BCUT2D eigenvalue weighted by atomic mass is 19.4. The van der Waals surface area contributed by atoms with E-state index < -0.39 is 29.5 Å². The minimum absolute atomic E-state index is 0.00865. The van der Waals surface area contributed by atoms with E-state index in [1.807, 2.05) is 37.7 Å². The van der Waals surface area contributed by atoms with E-state index in [9.17, 15) is 22.7 Å². The van der Waals surface area contributed by atoms with Crippen molar-refractivity contribution < 1.29 is 27.4 Å². The Morgan fingerprint density at radius 1 is 1.12 bits per heavy atom. The first kappa shape index (κ1) is 28.8. The van der Waals surface area contributed by atoms with Crippen molar-refractivity contribution in [2.45, 2.75) is 71.3 Å². The van der Waals surface area contributed by atoms with Crippen LogP contribution in [-0.2, 0) is 12.7 Å². The van der Waals surface area contributed by atoms with Crippen molar-refractivity contribution in [3.63, 3.8) is 0 Å². The lowest BCUT2D eigenvalue weighted by Gasteiger charge is -2.29. The van der Waals surface area contributed by atoms with Gasteiger partial charge < -0.3 is 15.2 Å². The molecule has 0 saturated heterocycles. The number of pyridine rings is 2. The number of halogens is 4. The number of nitrogens with one attached hydrogen (secondary N) is 1. The molecule has 0 amide bonds. The quantitative estimate of drug-likeness (QED) is 0.241. The zero-order valence-electron chi connectivity index (χ0n) is 23.1. The van der Waals surface area contributed by atoms with Crippen molar-refractivity contribution in [3.05, 3.63) is 48.3 Å². The molecule has 1 saturated carbocycles. The van der Waals surface area contributed by atoms with Gasteiger partial charge >= 0.3 is 6.18 Å². The Morgan fingerprint density at radius 3 is 2.56 bits per heavy atom. The van der Waals surface area contributed by atoms with Gasteiger partial charge in [0.1, 0.15) is 17.6 Å². The molecule has 4 aromatic heterocycles. The first-order valence-corrected chi connectivity index (χ1v) is 13.6. The van der Waals surface area contributed by atoms with Crippen LogP contribution in [-0.4, -0.2) is 53.9 Å². The van der Waals surface area contributed by atoms with Gasteiger partial charge in [0.15, 0.2) is 5.82 Å². The van der Waals surface area contributed by atoms with Crippen LogP contribution in [0.1, 0.15) is 58.1 Å². The number of aliphatic hydroxyl groups is 1. The van der Waals surface area contributed by atoms with Gasteiger partial charge in [0.2, 0.25) is 0 Å². The molecule has 4 aromatic rings. The van der Waals surface area contributed by atoms with Crippen molar-refractivity contribution in [2.75, 3.05) is 18.5 Å². The minimum Gasteiger partial charge on any atom is -0.472 e. The van der Waals surface area contributed by atoms with Crippen molar-refractivity contribution in [1.29, 1.82) is 0 Å². The van der Waals surface area contributed by atoms with Gasteiger partial charge in [-0.15, -0.1) is 0 Å². The van der Waals surface area contributed by atoms with Gasteiger partial charge in [0.25, 0.3) is 5.88 Å². The molecule has 2 N–H and O–H groups in total. The number of ether oxygens (including phenoxy) is 1. The molecule has 1 aliphatic carbocycles. The Balaban J connectivity index is 1.39. The molecule has 1 aliphatic rings. The van der Waals surface area contributed by atoms with E-state index in [0.29, 0.717) is 44.8 Å². The summed E-state index contributed by atoms with van der Waals surface area (Å²) >= 11 is 0. The van der Waals surface area contributed by atoms with Crippen molar-refractivity contribution >= 4 is 16.7 Å². The lowest BCUT2D eigenvalue weighted by atomic mass is 9.93. The lowest BCUT2D eigenvalue weighted by Crippen LogP contribution is -2.27. The van der Waals surface area contributed by atoms with Gasteiger partial charge in [-0.25, -0.2) is 14.4 Å². The monoisotopic (exact) mass is 575 g/mol. The summed E-state index contributed by atoms with van der Waals surface area (Å²) in [7, 11) is 0. The Morgan fingerprint density at radius 2 is 1.88 bits per heavy atom. The van der Waals surface area contributed by atoms with E-state index in [1.165, 1.54) is 0 Å². The summed E-state index contributed by atoms with van der Waals surface area (Å²) in [5.74, 6) is -1.40. The Labute approximate surface area is 234 Å². The van der Waals surface area contributed by atoms with Gasteiger partial charge in [0.05, 0.1) is 23.3 Å². The molecular weight excluding hydrogens is 542 g/mol. The smallest absolute Gasteiger partial charge is 0.419 e. The second-order valence-corrected chi connectivity index (χ2v) is 11.2. The third-order valence-corrected chi connectivity index (χ3v) is 7.30. The van der Waals surface area contributed by atoms with E-state index in [0.717, 1.165) is 34.2 Å². The third kappa shape index (κ3) is 6.14. The van der Waals surface area contributed by atoms with Crippen LogP contribution in [0, 0.1) is 11.2 Å². The zero-order valence-corrected chi connectivity index (χ0v) is 23.1. The molecule has 4 heterocycles. The molecule has 0 unspecified atom stereocenters. The summed E-state index contributed by atoms with van der Waals surface area (Å²) in [6.07, 6.45) is 3.32. The number of hydrogen-bond donors (Lipinski definition) is 2. The summed E-state index contributed by atoms with van der Waals surface area (Å²) in [5, 5.41) is 23.2. The van der Waals surface area contributed by atoms with Crippen LogP contribution in [0.25, 0.3) is 22.2 Å². The summed E-state index contributed by atoms with van der Waals surface area (Å²) in [4.78, 5) is 8.25. The first-order valence-electron chi connectivity index (χ1n) is 13.6. The largest absolute Gasteiger partial charge is 0.472 e. The Kier molecular flexibility index (Phi) is 7.91. The number of rotatable bonds is 9. The molecule has 5 rings (SSSR count). The standard InChI is InChI=1S/C28H33F4N7O2/c1-4-33-23-11-22-20(13-35-23)25(17-12-36-38(14-17)15-27(2,3)16-40)37-39(22)18-5-7-19(8-6-18)41-26-24(29)21(9-10-34-26)28(30,31)32/h9-14,18-19,40H,4-8,15-16H2,1-3H3,(H,33,35)/t18-,19+. The SMILES string of the molecule is CCNc1cc2c(cn1)c(-c1cnn(CC(C)(C)CO)c1)nn2[C@H]1CC[C@@H](Oc2nccc(C(F)(F)F)c2F)CC1. The van der Waals surface area contributed by atoms with E-state index in [4.69, 9.17) is 9.84 Å². The van der Waals surface area contributed by atoms with Gasteiger partial charge in [-0.2, -0.15) is 23.4 Å². The van der Waals surface area contributed by atoms with Gasteiger partial charge in [-0.3, -0.25) is 9.36 Å². The predicted octanol–water partition coefficient (Wildman–Crippen LogP) is 5.86. The number of alkyl halides is 3. The van der Waals surface area contributed by atoms with Crippen molar-refractivity contribution in [1.82, 2.24) is 29.5 Å². The number of nitrogens with zero attached hydrogens (tertiary/aromatic N) is 6. The highest BCUT2D eigenvalue weighted by molar-refractivity contribution is 5.93. The molecule has 9 nitrogen and oxygen atoms in total. The molecule has 220 valence electrons. The number of hydrogen-bond acceptors (Lipinski definition) is 7. The molecule has 0 spiro atoms. The van der Waals surface area contributed by atoms with Crippen molar-refractivity contribution in [2.24, 2.45) is 5.41 Å². The highest BCUT2D eigenvalue weighted by Gasteiger charge is 2.36. The van der Waals surface area contributed by atoms with Gasteiger partial charge in [-0.1, -0.05) is 13.8 Å². The van der Waals surface area contributed by atoms with E-state index in [-0.39, 0.29) is 18.1 Å². The Bertz CT molecular complexity index is 1510. The number of aliphatic hydroxyl groups excluding tert-OH is 1. The fourth-order valence-electron chi connectivity index (χ4n) is 5.15. The van der Waals surface area contributed by atoms with Crippen LogP contribution in [0.5, 0.6) is 5.88 Å². The van der Waals surface area contributed by atoms with E-state index >= 15 is 0 Å². The minimum atomic E-state index is -4.83. The molecule has 0 aromatic carbocycles. The number of anilines is 1. The molecule has 0 bridgehead atoms. The molecule has 41 heavy (non-hydrogen) atoms. The number of aromatic nitrogens is 6. The predicted molar refractivity (Wildman–Crippen MR) is 145 cm³/mol. The fraction of sp³-hybridized carbons (Fsp3) is 0.500. The summed E-state index contributed by atoms with van der Waals surface area (Å²) in [5.41, 5.74) is 0.727. The highest BCUT2D eigenvalue weighted by Crippen LogP contribution is 2.38. The number of fused-ring (bicyclic) bond motifs is 1. The molecular formula is C28H33F4N7O2. The maximum Gasteiger partial charge on any atom is 0.419 e. The summed E-state index contributed by atoms with van der Waals surface area (Å²) < 4.78 is 63.2. The third-order valence-electron chi connectivity index (χ3n) is 7.30. The van der Waals surface area contributed by atoms with E-state index in [2.05, 4.69) is 20.4 Å². The van der Waals surface area contributed by atoms with Crippen molar-refractivity contribution in [3.8, 4) is 17.1 Å². The maximum absolute atomic E-state index is 14.5. The van der Waals surface area contributed by atoms with Crippen LogP contribution < -0.4 is 10.1 Å². The average molecular weight is 576 g/mol. The molecule has 1 fully saturated rings. The summed E-state index contributed by atoms with van der Waals surface area (Å²) in [6, 6.07) is 2.55. The average Bonchev–Trinajstić information content (AvgIpc) is 3.54. The maximum atomic E-state index is 14.5. The molecule has 13 heteroatoms. The van der Waals surface area contributed by atoms with Crippen LogP contribution in [0.2, 0.25) is 0 Å². The normalized spacial score (nSPS) is 18.1. The lowest BCUT2D eigenvalue weighted by molar-refractivity contribution is -0.140. The van der Waals surface area contributed by atoms with E-state index in [1.54, 1.807) is 17.1 Å². The fourth-order valence-corrected chi connectivity index (χ4v) is 5.15. The second-order valence-electron chi connectivity index (χ2n) is 11.2. The molecule has 0 atom stereocenters. The van der Waals surface area contributed by atoms with Gasteiger partial charge in [-0.05, 0) is 38.7 Å². The van der Waals surface area contributed by atoms with Crippen LogP contribution in [0.15, 0.2) is 36.9 Å². The topological polar surface area (TPSA) is 103 Å².